The maximum Gasteiger partial charge on any atom is 0.407 e. The molecule has 1 aliphatic heterocycles. The number of ether oxygens (including phenoxy) is 1. The first kappa shape index (κ1) is 13.3. The van der Waals surface area contributed by atoms with Crippen molar-refractivity contribution in [2.24, 2.45) is 0 Å². The minimum Gasteiger partial charge on any atom is -0.465 e. The number of nitrogens with zero attached hydrogens (tertiary/aromatic N) is 1. The minimum absolute atomic E-state index is 0.226. The van der Waals surface area contributed by atoms with Crippen molar-refractivity contribution < 1.29 is 24.2 Å². The van der Waals surface area contributed by atoms with Gasteiger partial charge in [0.1, 0.15) is 12.6 Å². The molecule has 1 unspecified atom stereocenters. The SMILES string of the molecule is CCOC(=O)CNC(=O)C1CCCN1C(=O)O. The monoisotopic (exact) mass is 244 g/mol. The number of rotatable bonds is 4. The first-order valence-corrected chi connectivity index (χ1v) is 5.49. The van der Waals surface area contributed by atoms with Crippen LogP contribution >= 0.6 is 0 Å². The third-order valence-corrected chi connectivity index (χ3v) is 2.51. The van der Waals surface area contributed by atoms with Gasteiger partial charge in [-0.05, 0) is 19.8 Å². The molecule has 0 aromatic rings. The third-order valence-electron chi connectivity index (χ3n) is 2.51. The summed E-state index contributed by atoms with van der Waals surface area (Å²) in [5, 5.41) is 11.2. The molecule has 1 atom stereocenters. The molecule has 1 aliphatic rings. The molecule has 0 aliphatic carbocycles. The third kappa shape index (κ3) is 3.61. The largest absolute Gasteiger partial charge is 0.465 e. The zero-order valence-electron chi connectivity index (χ0n) is 9.64. The number of carboxylic acid groups (broad SMARTS) is 1. The van der Waals surface area contributed by atoms with E-state index >= 15 is 0 Å². The van der Waals surface area contributed by atoms with Crippen molar-refractivity contribution >= 4 is 18.0 Å². The number of carbonyl (C=O) groups is 3. The number of amides is 2. The predicted octanol–water partition coefficient (Wildman–Crippen LogP) is -0.192. The van der Waals surface area contributed by atoms with E-state index in [9.17, 15) is 14.4 Å². The van der Waals surface area contributed by atoms with Crippen LogP contribution in [0, 0.1) is 0 Å². The van der Waals surface area contributed by atoms with E-state index in [-0.39, 0.29) is 13.2 Å². The fourth-order valence-electron chi connectivity index (χ4n) is 1.76. The molecule has 2 amide bonds. The lowest BCUT2D eigenvalue weighted by Crippen LogP contribution is -2.46. The summed E-state index contributed by atoms with van der Waals surface area (Å²) in [6.07, 6.45) is 0.0314. The van der Waals surface area contributed by atoms with Gasteiger partial charge in [-0.2, -0.15) is 0 Å². The zero-order chi connectivity index (χ0) is 12.8. The Morgan fingerprint density at radius 3 is 2.76 bits per heavy atom. The quantitative estimate of drug-likeness (QED) is 0.668. The molecule has 0 saturated carbocycles. The lowest BCUT2D eigenvalue weighted by molar-refractivity contribution is -0.143. The van der Waals surface area contributed by atoms with Crippen molar-refractivity contribution in [2.75, 3.05) is 19.7 Å². The number of hydrogen-bond donors (Lipinski definition) is 2. The molecular formula is C10H16N2O5. The van der Waals surface area contributed by atoms with Crippen LogP contribution in [0.3, 0.4) is 0 Å². The lowest BCUT2D eigenvalue weighted by Gasteiger charge is -2.20. The summed E-state index contributed by atoms with van der Waals surface area (Å²) in [7, 11) is 0. The Morgan fingerprint density at radius 1 is 1.47 bits per heavy atom. The average molecular weight is 244 g/mol. The van der Waals surface area contributed by atoms with E-state index in [4.69, 9.17) is 5.11 Å². The highest BCUT2D eigenvalue weighted by Gasteiger charge is 2.33. The molecule has 7 heteroatoms. The van der Waals surface area contributed by atoms with Crippen LogP contribution < -0.4 is 5.32 Å². The van der Waals surface area contributed by atoms with Gasteiger partial charge in [0, 0.05) is 6.54 Å². The number of hydrogen-bond acceptors (Lipinski definition) is 4. The first-order valence-electron chi connectivity index (χ1n) is 5.49. The van der Waals surface area contributed by atoms with Gasteiger partial charge in [0.2, 0.25) is 5.91 Å². The van der Waals surface area contributed by atoms with Gasteiger partial charge in [0.15, 0.2) is 0 Å². The van der Waals surface area contributed by atoms with Gasteiger partial charge < -0.3 is 15.2 Å². The Balaban J connectivity index is 2.42. The number of esters is 1. The Kier molecular flexibility index (Phi) is 4.74. The van der Waals surface area contributed by atoms with E-state index in [1.54, 1.807) is 6.92 Å². The molecular weight excluding hydrogens is 228 g/mol. The summed E-state index contributed by atoms with van der Waals surface area (Å²) < 4.78 is 4.65. The molecule has 1 saturated heterocycles. The fourth-order valence-corrected chi connectivity index (χ4v) is 1.76. The van der Waals surface area contributed by atoms with Gasteiger partial charge in [-0.25, -0.2) is 4.79 Å². The second-order valence-electron chi connectivity index (χ2n) is 3.66. The number of carbonyl (C=O) groups excluding carboxylic acids is 2. The predicted molar refractivity (Wildman–Crippen MR) is 57.4 cm³/mol. The van der Waals surface area contributed by atoms with Crippen LogP contribution in [0.1, 0.15) is 19.8 Å². The fraction of sp³-hybridized carbons (Fsp3) is 0.700. The highest BCUT2D eigenvalue weighted by molar-refractivity contribution is 5.88. The van der Waals surface area contributed by atoms with Gasteiger partial charge in [-0.3, -0.25) is 14.5 Å². The molecule has 2 N–H and O–H groups in total. The summed E-state index contributed by atoms with van der Waals surface area (Å²) in [5.41, 5.74) is 0. The summed E-state index contributed by atoms with van der Waals surface area (Å²) >= 11 is 0. The van der Waals surface area contributed by atoms with Crippen molar-refractivity contribution in [1.82, 2.24) is 10.2 Å². The standard InChI is InChI=1S/C10H16N2O5/c1-2-17-8(13)6-11-9(14)7-4-3-5-12(7)10(15)16/h7H,2-6H2,1H3,(H,11,14)(H,15,16). The highest BCUT2D eigenvalue weighted by Crippen LogP contribution is 2.17. The minimum atomic E-state index is -1.11. The lowest BCUT2D eigenvalue weighted by atomic mass is 10.2. The van der Waals surface area contributed by atoms with Crippen LogP contribution in [-0.4, -0.2) is 53.7 Å². The van der Waals surface area contributed by atoms with Crippen LogP contribution in [0.15, 0.2) is 0 Å². The van der Waals surface area contributed by atoms with Crippen molar-refractivity contribution in [1.29, 1.82) is 0 Å². The van der Waals surface area contributed by atoms with Crippen molar-refractivity contribution in [3.63, 3.8) is 0 Å². The van der Waals surface area contributed by atoms with E-state index in [0.717, 1.165) is 4.90 Å². The number of nitrogens with one attached hydrogen (secondary N) is 1. The maximum atomic E-state index is 11.6. The Labute approximate surface area is 98.7 Å². The second kappa shape index (κ2) is 6.07. The normalized spacial score (nSPS) is 18.9. The van der Waals surface area contributed by atoms with Crippen LogP contribution in [-0.2, 0) is 14.3 Å². The van der Waals surface area contributed by atoms with E-state index < -0.39 is 24.0 Å². The zero-order valence-corrected chi connectivity index (χ0v) is 9.64. The first-order chi connectivity index (χ1) is 8.06. The molecule has 0 bridgehead atoms. The Morgan fingerprint density at radius 2 is 2.18 bits per heavy atom. The van der Waals surface area contributed by atoms with Gasteiger partial charge in [-0.15, -0.1) is 0 Å². The molecule has 0 aromatic heterocycles. The molecule has 17 heavy (non-hydrogen) atoms. The van der Waals surface area contributed by atoms with Gasteiger partial charge >= 0.3 is 12.1 Å². The second-order valence-corrected chi connectivity index (χ2v) is 3.66. The van der Waals surface area contributed by atoms with Gasteiger partial charge in [0.05, 0.1) is 6.61 Å². The van der Waals surface area contributed by atoms with Crippen LogP contribution in [0.2, 0.25) is 0 Å². The van der Waals surface area contributed by atoms with Crippen LogP contribution in [0.4, 0.5) is 4.79 Å². The molecule has 96 valence electrons. The molecule has 1 fully saturated rings. The van der Waals surface area contributed by atoms with Crippen LogP contribution in [0.25, 0.3) is 0 Å². The van der Waals surface area contributed by atoms with Gasteiger partial charge in [-0.1, -0.05) is 0 Å². The summed E-state index contributed by atoms with van der Waals surface area (Å²) in [5.74, 6) is -0.973. The molecule has 0 aromatic carbocycles. The summed E-state index contributed by atoms with van der Waals surface area (Å²) in [6, 6.07) is -0.693. The van der Waals surface area contributed by atoms with E-state index in [1.807, 2.05) is 0 Å². The number of likely N-dealkylation sites (tertiary alicyclic amines) is 1. The maximum absolute atomic E-state index is 11.6. The summed E-state index contributed by atoms with van der Waals surface area (Å²) in [4.78, 5) is 34.6. The highest BCUT2D eigenvalue weighted by atomic mass is 16.5. The van der Waals surface area contributed by atoms with E-state index in [2.05, 4.69) is 10.1 Å². The average Bonchev–Trinajstić information content (AvgIpc) is 2.75. The van der Waals surface area contributed by atoms with Gasteiger partial charge in [0.25, 0.3) is 0 Å². The smallest absolute Gasteiger partial charge is 0.407 e. The van der Waals surface area contributed by atoms with Crippen molar-refractivity contribution in [3.05, 3.63) is 0 Å². The van der Waals surface area contributed by atoms with Crippen molar-refractivity contribution in [2.45, 2.75) is 25.8 Å². The molecule has 0 radical (unpaired) electrons. The van der Waals surface area contributed by atoms with Crippen molar-refractivity contribution in [3.8, 4) is 0 Å². The topological polar surface area (TPSA) is 95.9 Å². The Hall–Kier alpha value is -1.79. The van der Waals surface area contributed by atoms with E-state index in [0.29, 0.717) is 19.4 Å². The van der Waals surface area contributed by atoms with E-state index in [1.165, 1.54) is 0 Å². The molecule has 0 spiro atoms. The molecule has 1 heterocycles. The summed E-state index contributed by atoms with van der Waals surface area (Å²) in [6.45, 7) is 2.05. The molecule has 7 nitrogen and oxygen atoms in total. The molecule has 1 rings (SSSR count). The Bertz CT molecular complexity index is 318. The van der Waals surface area contributed by atoms with Crippen LogP contribution in [0.5, 0.6) is 0 Å².